The minimum absolute atomic E-state index is 0.711. The highest BCUT2D eigenvalue weighted by atomic mass is 79.9. The van der Waals surface area contributed by atoms with Gasteiger partial charge in [0.25, 0.3) is 0 Å². The number of ether oxygens (including phenoxy) is 1. The van der Waals surface area contributed by atoms with Gasteiger partial charge >= 0.3 is 0 Å². The fourth-order valence-electron chi connectivity index (χ4n) is 1.89. The van der Waals surface area contributed by atoms with E-state index in [1.54, 1.807) is 7.11 Å². The average Bonchev–Trinajstić information content (AvgIpc) is 2.39. The molecule has 0 unspecified atom stereocenters. The predicted octanol–water partition coefficient (Wildman–Crippen LogP) is 5.79. The van der Waals surface area contributed by atoms with Crippen LogP contribution in [0.4, 0.5) is 5.69 Å². The predicted molar refractivity (Wildman–Crippen MR) is 91.9 cm³/mol. The van der Waals surface area contributed by atoms with Crippen molar-refractivity contribution in [3.63, 3.8) is 0 Å². The van der Waals surface area contributed by atoms with Crippen LogP contribution < -0.4 is 10.1 Å². The normalized spacial score (nSPS) is 10.4. The summed E-state index contributed by atoms with van der Waals surface area (Å²) in [6.45, 7) is 2.76. The lowest BCUT2D eigenvalue weighted by molar-refractivity contribution is 0.409. The lowest BCUT2D eigenvalue weighted by atomic mass is 10.1. The molecular formula is C15H14Br2ClNO. The molecule has 0 spiro atoms. The van der Waals surface area contributed by atoms with E-state index in [2.05, 4.69) is 44.1 Å². The molecule has 0 aliphatic carbocycles. The number of rotatable bonds is 4. The lowest BCUT2D eigenvalue weighted by Crippen LogP contribution is -2.01. The number of halogens is 3. The highest BCUT2D eigenvalue weighted by Gasteiger charge is 2.08. The van der Waals surface area contributed by atoms with Gasteiger partial charge in [0, 0.05) is 17.3 Å². The van der Waals surface area contributed by atoms with E-state index in [1.165, 1.54) is 5.56 Å². The maximum atomic E-state index is 6.02. The molecule has 2 aromatic rings. The Hall–Kier alpha value is -0.710. The van der Waals surface area contributed by atoms with Gasteiger partial charge in [-0.05, 0) is 74.2 Å². The highest BCUT2D eigenvalue weighted by Crippen LogP contribution is 2.34. The van der Waals surface area contributed by atoms with Crippen LogP contribution in [-0.2, 0) is 6.54 Å². The Balaban J connectivity index is 2.17. The van der Waals surface area contributed by atoms with E-state index in [1.807, 2.05) is 30.3 Å². The van der Waals surface area contributed by atoms with Gasteiger partial charge in [-0.15, -0.1) is 0 Å². The molecule has 0 heterocycles. The third kappa shape index (κ3) is 3.68. The van der Waals surface area contributed by atoms with E-state index >= 15 is 0 Å². The van der Waals surface area contributed by atoms with Gasteiger partial charge in [0.1, 0.15) is 5.75 Å². The summed E-state index contributed by atoms with van der Waals surface area (Å²) < 4.78 is 7.15. The number of methoxy groups -OCH3 is 1. The molecule has 0 amide bonds. The number of aryl methyl sites for hydroxylation is 1. The van der Waals surface area contributed by atoms with E-state index in [9.17, 15) is 0 Å². The number of hydrogen-bond donors (Lipinski definition) is 1. The van der Waals surface area contributed by atoms with Gasteiger partial charge < -0.3 is 10.1 Å². The smallest absolute Gasteiger partial charge is 0.147 e. The molecule has 20 heavy (non-hydrogen) atoms. The Kier molecular flexibility index (Phi) is 5.35. The summed E-state index contributed by atoms with van der Waals surface area (Å²) >= 11 is 13.0. The van der Waals surface area contributed by atoms with Crippen LogP contribution in [0.15, 0.2) is 39.3 Å². The van der Waals surface area contributed by atoms with Crippen LogP contribution in [0.25, 0.3) is 0 Å². The molecule has 0 fully saturated rings. The van der Waals surface area contributed by atoms with Gasteiger partial charge in [-0.25, -0.2) is 0 Å². The maximum Gasteiger partial charge on any atom is 0.147 e. The third-order valence-electron chi connectivity index (χ3n) is 2.94. The van der Waals surface area contributed by atoms with E-state index in [0.717, 1.165) is 31.0 Å². The zero-order valence-electron chi connectivity index (χ0n) is 11.1. The van der Waals surface area contributed by atoms with Gasteiger partial charge in [0.05, 0.1) is 16.1 Å². The zero-order valence-corrected chi connectivity index (χ0v) is 15.1. The molecule has 5 heteroatoms. The lowest BCUT2D eigenvalue weighted by Gasteiger charge is -2.12. The largest absolute Gasteiger partial charge is 0.494 e. The van der Waals surface area contributed by atoms with Crippen LogP contribution in [0.1, 0.15) is 11.1 Å². The van der Waals surface area contributed by atoms with Gasteiger partial charge in [-0.3, -0.25) is 0 Å². The minimum atomic E-state index is 0.711. The Labute approximate surface area is 140 Å². The molecule has 0 aromatic heterocycles. The van der Waals surface area contributed by atoms with E-state index in [4.69, 9.17) is 16.3 Å². The van der Waals surface area contributed by atoms with Crippen molar-refractivity contribution in [3.8, 4) is 5.75 Å². The summed E-state index contributed by atoms with van der Waals surface area (Å²) in [5, 5.41) is 4.13. The molecule has 2 rings (SSSR count). The number of nitrogens with one attached hydrogen (secondary N) is 1. The van der Waals surface area contributed by atoms with E-state index in [0.29, 0.717) is 6.54 Å². The van der Waals surface area contributed by atoms with Crippen molar-refractivity contribution < 1.29 is 4.74 Å². The number of benzene rings is 2. The molecular weight excluding hydrogens is 405 g/mol. The quantitative estimate of drug-likeness (QED) is 0.677. The van der Waals surface area contributed by atoms with Gasteiger partial charge in [-0.1, -0.05) is 17.7 Å². The monoisotopic (exact) mass is 417 g/mol. The van der Waals surface area contributed by atoms with Crippen LogP contribution >= 0.6 is 43.5 Å². The van der Waals surface area contributed by atoms with Gasteiger partial charge in [0.2, 0.25) is 0 Å². The Morgan fingerprint density at radius 3 is 2.40 bits per heavy atom. The minimum Gasteiger partial charge on any atom is -0.494 e. The summed E-state index contributed by atoms with van der Waals surface area (Å²) in [5.41, 5.74) is 3.35. The summed E-state index contributed by atoms with van der Waals surface area (Å²) in [4.78, 5) is 0. The van der Waals surface area contributed by atoms with E-state index in [-0.39, 0.29) is 0 Å². The summed E-state index contributed by atoms with van der Waals surface area (Å²) in [6, 6.07) is 9.91. The fourth-order valence-corrected chi connectivity index (χ4v) is 3.67. The second-order valence-corrected chi connectivity index (χ2v) is 6.55. The van der Waals surface area contributed by atoms with Crippen molar-refractivity contribution in [2.24, 2.45) is 0 Å². The summed E-state index contributed by atoms with van der Waals surface area (Å²) in [6.07, 6.45) is 0. The molecule has 0 saturated carbocycles. The van der Waals surface area contributed by atoms with Crippen LogP contribution in [0.3, 0.4) is 0 Å². The topological polar surface area (TPSA) is 21.3 Å². The second kappa shape index (κ2) is 6.83. The van der Waals surface area contributed by atoms with Gasteiger partial charge in [0.15, 0.2) is 0 Å². The second-order valence-electron chi connectivity index (χ2n) is 4.41. The Morgan fingerprint density at radius 2 is 1.80 bits per heavy atom. The van der Waals surface area contributed by atoms with Crippen molar-refractivity contribution in [1.29, 1.82) is 0 Å². The molecule has 0 aliphatic heterocycles. The third-order valence-corrected chi connectivity index (χ3v) is 4.36. The molecule has 0 aliphatic rings. The molecule has 0 atom stereocenters. The van der Waals surface area contributed by atoms with Crippen LogP contribution in [0.2, 0.25) is 5.02 Å². The molecule has 2 aromatic carbocycles. The first kappa shape index (κ1) is 15.7. The number of anilines is 1. The Bertz CT molecular complexity index is 608. The van der Waals surface area contributed by atoms with Crippen LogP contribution in [0, 0.1) is 6.92 Å². The summed E-state index contributed by atoms with van der Waals surface area (Å²) in [5.74, 6) is 0.799. The summed E-state index contributed by atoms with van der Waals surface area (Å²) in [7, 11) is 1.65. The Morgan fingerprint density at radius 1 is 1.15 bits per heavy atom. The van der Waals surface area contributed by atoms with Crippen molar-refractivity contribution in [2.45, 2.75) is 13.5 Å². The number of hydrogen-bond acceptors (Lipinski definition) is 2. The van der Waals surface area contributed by atoms with Crippen molar-refractivity contribution >= 4 is 49.1 Å². The first-order valence-electron chi connectivity index (χ1n) is 6.03. The molecule has 0 radical (unpaired) electrons. The van der Waals surface area contributed by atoms with Crippen molar-refractivity contribution in [3.05, 3.63) is 55.4 Å². The van der Waals surface area contributed by atoms with Crippen LogP contribution in [-0.4, -0.2) is 7.11 Å². The van der Waals surface area contributed by atoms with Crippen molar-refractivity contribution in [2.75, 3.05) is 12.4 Å². The average molecular weight is 420 g/mol. The first-order valence-corrected chi connectivity index (χ1v) is 7.99. The zero-order chi connectivity index (χ0) is 14.7. The standard InChI is InChI=1S/C15H14Br2ClNO/c1-9-3-4-11(18)7-14(9)19-8-10-5-12(16)15(20-2)13(17)6-10/h3-7,19H,8H2,1-2H3. The fraction of sp³-hybridized carbons (Fsp3) is 0.200. The molecule has 1 N–H and O–H groups in total. The first-order chi connectivity index (χ1) is 9.51. The van der Waals surface area contributed by atoms with Crippen molar-refractivity contribution in [1.82, 2.24) is 0 Å². The highest BCUT2D eigenvalue weighted by molar-refractivity contribution is 9.11. The molecule has 0 bridgehead atoms. The van der Waals surface area contributed by atoms with Crippen LogP contribution in [0.5, 0.6) is 5.75 Å². The maximum absolute atomic E-state index is 6.02. The van der Waals surface area contributed by atoms with E-state index < -0.39 is 0 Å². The SMILES string of the molecule is COc1c(Br)cc(CNc2cc(Cl)ccc2C)cc1Br. The molecule has 0 saturated heterocycles. The molecule has 2 nitrogen and oxygen atoms in total. The molecule has 106 valence electrons. The van der Waals surface area contributed by atoms with Gasteiger partial charge in [-0.2, -0.15) is 0 Å².